The summed E-state index contributed by atoms with van der Waals surface area (Å²) in [5, 5.41) is 8.79. The summed E-state index contributed by atoms with van der Waals surface area (Å²) >= 11 is 0. The van der Waals surface area contributed by atoms with Gasteiger partial charge in [0.1, 0.15) is 0 Å². The molecule has 1 aromatic heterocycles. The Morgan fingerprint density at radius 3 is 2.53 bits per heavy atom. The first-order valence-electron chi connectivity index (χ1n) is 6.31. The molecule has 2 rings (SSSR count). The zero-order valence-corrected chi connectivity index (χ0v) is 11.0. The first-order valence-corrected chi connectivity index (χ1v) is 6.31. The van der Waals surface area contributed by atoms with E-state index in [1.807, 2.05) is 0 Å². The highest BCUT2D eigenvalue weighted by atomic mass is 16.4. The van der Waals surface area contributed by atoms with E-state index in [-0.39, 0.29) is 0 Å². The normalized spacial score (nSPS) is 17.5. The molecule has 102 valence electrons. The third kappa shape index (κ3) is 3.75. The average molecular weight is 262 g/mol. The molecule has 19 heavy (non-hydrogen) atoms. The van der Waals surface area contributed by atoms with E-state index in [9.17, 15) is 4.79 Å². The predicted molar refractivity (Wildman–Crippen MR) is 72.1 cm³/mol. The third-order valence-corrected chi connectivity index (χ3v) is 3.20. The Morgan fingerprint density at radius 1 is 1.32 bits per heavy atom. The van der Waals surface area contributed by atoms with Crippen LogP contribution >= 0.6 is 0 Å². The fourth-order valence-corrected chi connectivity index (χ4v) is 1.94. The van der Waals surface area contributed by atoms with Gasteiger partial charge in [-0.05, 0) is 13.0 Å². The molecule has 1 aromatic rings. The topological polar surface area (TPSA) is 69.6 Å². The summed E-state index contributed by atoms with van der Waals surface area (Å²) < 4.78 is 0. The molecule has 0 atom stereocenters. The first kappa shape index (κ1) is 13.5. The summed E-state index contributed by atoms with van der Waals surface area (Å²) in [6.45, 7) is 5.81. The standard InChI is InChI=1S/C13H18N4O2/c1-11(12(18)19)3-6-16-7-9-17(10-8-16)13-14-4-2-5-15-13/h2-5H,6-10H2,1H3,(H,18,19). The average Bonchev–Trinajstić information content (AvgIpc) is 2.46. The van der Waals surface area contributed by atoms with Gasteiger partial charge in [-0.1, -0.05) is 6.08 Å². The van der Waals surface area contributed by atoms with Crippen LogP contribution in [0.5, 0.6) is 0 Å². The van der Waals surface area contributed by atoms with Gasteiger partial charge in [0, 0.05) is 50.7 Å². The van der Waals surface area contributed by atoms with Gasteiger partial charge in [0.25, 0.3) is 0 Å². The number of aromatic nitrogens is 2. The lowest BCUT2D eigenvalue weighted by Gasteiger charge is -2.34. The molecule has 1 aliphatic rings. The Bertz CT molecular complexity index is 453. The molecular weight excluding hydrogens is 244 g/mol. The second-order valence-corrected chi connectivity index (χ2v) is 4.53. The summed E-state index contributed by atoms with van der Waals surface area (Å²) in [6.07, 6.45) is 5.25. The second kappa shape index (κ2) is 6.29. The van der Waals surface area contributed by atoms with Crippen LogP contribution < -0.4 is 4.90 Å². The molecular formula is C13H18N4O2. The zero-order valence-electron chi connectivity index (χ0n) is 11.0. The number of rotatable bonds is 4. The summed E-state index contributed by atoms with van der Waals surface area (Å²) in [7, 11) is 0. The van der Waals surface area contributed by atoms with Crippen molar-refractivity contribution in [2.45, 2.75) is 6.92 Å². The van der Waals surface area contributed by atoms with Crippen molar-refractivity contribution < 1.29 is 9.90 Å². The number of anilines is 1. The number of nitrogens with zero attached hydrogens (tertiary/aromatic N) is 4. The number of carbonyl (C=O) groups is 1. The first-order chi connectivity index (χ1) is 9.16. The van der Waals surface area contributed by atoms with Crippen LogP contribution in [0.4, 0.5) is 5.95 Å². The van der Waals surface area contributed by atoms with Crippen molar-refractivity contribution in [3.63, 3.8) is 0 Å². The quantitative estimate of drug-likeness (QED) is 0.803. The van der Waals surface area contributed by atoms with Crippen LogP contribution in [0.2, 0.25) is 0 Å². The number of hydrogen-bond acceptors (Lipinski definition) is 5. The molecule has 0 aromatic carbocycles. The maximum absolute atomic E-state index is 10.7. The van der Waals surface area contributed by atoms with E-state index in [2.05, 4.69) is 19.8 Å². The second-order valence-electron chi connectivity index (χ2n) is 4.53. The minimum absolute atomic E-state index is 0.397. The van der Waals surface area contributed by atoms with Crippen molar-refractivity contribution in [2.24, 2.45) is 0 Å². The molecule has 0 unspecified atom stereocenters. The van der Waals surface area contributed by atoms with Crippen LogP contribution in [-0.4, -0.2) is 58.7 Å². The lowest BCUT2D eigenvalue weighted by Crippen LogP contribution is -2.47. The number of carboxylic acids is 1. The zero-order chi connectivity index (χ0) is 13.7. The van der Waals surface area contributed by atoms with Crippen molar-refractivity contribution in [3.8, 4) is 0 Å². The van der Waals surface area contributed by atoms with Crippen molar-refractivity contribution >= 4 is 11.9 Å². The van der Waals surface area contributed by atoms with Gasteiger partial charge >= 0.3 is 5.97 Å². The summed E-state index contributed by atoms with van der Waals surface area (Å²) in [5.74, 6) is -0.0873. The highest BCUT2D eigenvalue weighted by Crippen LogP contribution is 2.09. The molecule has 1 saturated heterocycles. The lowest BCUT2D eigenvalue weighted by atomic mass is 10.2. The maximum Gasteiger partial charge on any atom is 0.330 e. The van der Waals surface area contributed by atoms with Crippen LogP contribution in [0.15, 0.2) is 30.1 Å². The Kier molecular flexibility index (Phi) is 4.46. The number of piperazine rings is 1. The Hall–Kier alpha value is -1.95. The molecule has 0 radical (unpaired) electrons. The van der Waals surface area contributed by atoms with E-state index in [1.54, 1.807) is 31.5 Å². The van der Waals surface area contributed by atoms with Crippen LogP contribution in [0, 0.1) is 0 Å². The molecule has 1 N–H and O–H groups in total. The molecule has 0 bridgehead atoms. The molecule has 0 spiro atoms. The van der Waals surface area contributed by atoms with E-state index < -0.39 is 5.97 Å². The van der Waals surface area contributed by atoms with Crippen molar-refractivity contribution in [3.05, 3.63) is 30.1 Å². The fourth-order valence-electron chi connectivity index (χ4n) is 1.94. The number of aliphatic carboxylic acids is 1. The molecule has 1 aliphatic heterocycles. The van der Waals surface area contributed by atoms with Gasteiger partial charge in [-0.3, -0.25) is 4.90 Å². The lowest BCUT2D eigenvalue weighted by molar-refractivity contribution is -0.132. The minimum atomic E-state index is -0.851. The van der Waals surface area contributed by atoms with Gasteiger partial charge in [-0.25, -0.2) is 14.8 Å². The Labute approximate surface area is 112 Å². The predicted octanol–water partition coefficient (Wildman–Crippen LogP) is 0.629. The molecule has 1 fully saturated rings. The van der Waals surface area contributed by atoms with Crippen LogP contribution in [0.1, 0.15) is 6.92 Å². The van der Waals surface area contributed by atoms with Gasteiger partial charge in [-0.15, -0.1) is 0 Å². The monoisotopic (exact) mass is 262 g/mol. The molecule has 0 aliphatic carbocycles. The molecule has 0 amide bonds. The molecule has 6 heteroatoms. The number of carboxylic acid groups (broad SMARTS) is 1. The fraction of sp³-hybridized carbons (Fsp3) is 0.462. The van der Waals surface area contributed by atoms with Gasteiger partial charge in [-0.2, -0.15) is 0 Å². The van der Waals surface area contributed by atoms with Gasteiger partial charge in [0.2, 0.25) is 5.95 Å². The summed E-state index contributed by atoms with van der Waals surface area (Å²) in [6, 6.07) is 1.80. The maximum atomic E-state index is 10.7. The Morgan fingerprint density at radius 2 is 1.95 bits per heavy atom. The van der Waals surface area contributed by atoms with Crippen molar-refractivity contribution in [1.82, 2.24) is 14.9 Å². The van der Waals surface area contributed by atoms with Crippen LogP contribution in [0.25, 0.3) is 0 Å². The van der Waals surface area contributed by atoms with Gasteiger partial charge < -0.3 is 10.0 Å². The summed E-state index contributed by atoms with van der Waals surface area (Å²) in [5.41, 5.74) is 0.397. The molecule has 6 nitrogen and oxygen atoms in total. The SMILES string of the molecule is CC(=CCN1CCN(c2ncccn2)CC1)C(=O)O. The molecule has 0 saturated carbocycles. The van der Waals surface area contributed by atoms with E-state index in [0.29, 0.717) is 12.1 Å². The van der Waals surface area contributed by atoms with E-state index in [1.165, 1.54) is 0 Å². The number of hydrogen-bond donors (Lipinski definition) is 1. The smallest absolute Gasteiger partial charge is 0.330 e. The minimum Gasteiger partial charge on any atom is -0.478 e. The van der Waals surface area contributed by atoms with Gasteiger partial charge in [0.15, 0.2) is 0 Å². The van der Waals surface area contributed by atoms with E-state index >= 15 is 0 Å². The highest BCUT2D eigenvalue weighted by Gasteiger charge is 2.17. The van der Waals surface area contributed by atoms with E-state index in [4.69, 9.17) is 5.11 Å². The van der Waals surface area contributed by atoms with Crippen LogP contribution in [-0.2, 0) is 4.79 Å². The highest BCUT2D eigenvalue weighted by molar-refractivity contribution is 5.85. The Balaban J connectivity index is 1.83. The molecule has 2 heterocycles. The van der Waals surface area contributed by atoms with Crippen molar-refractivity contribution in [1.29, 1.82) is 0 Å². The van der Waals surface area contributed by atoms with Crippen molar-refractivity contribution in [2.75, 3.05) is 37.6 Å². The largest absolute Gasteiger partial charge is 0.478 e. The third-order valence-electron chi connectivity index (χ3n) is 3.20. The van der Waals surface area contributed by atoms with Gasteiger partial charge in [0.05, 0.1) is 0 Å². The van der Waals surface area contributed by atoms with Crippen LogP contribution in [0.3, 0.4) is 0 Å². The van der Waals surface area contributed by atoms with E-state index in [0.717, 1.165) is 32.1 Å². The summed E-state index contributed by atoms with van der Waals surface area (Å²) in [4.78, 5) is 23.5.